The second kappa shape index (κ2) is 7.29. The van der Waals surface area contributed by atoms with Gasteiger partial charge in [0.2, 0.25) is 0 Å². The summed E-state index contributed by atoms with van der Waals surface area (Å²) in [5.41, 5.74) is -0.321. The quantitative estimate of drug-likeness (QED) is 0.650. The van der Waals surface area contributed by atoms with Gasteiger partial charge in [0.1, 0.15) is 5.75 Å². The summed E-state index contributed by atoms with van der Waals surface area (Å²) in [4.78, 5) is 37.1. The third-order valence-electron chi connectivity index (χ3n) is 3.84. The molecule has 0 aliphatic carbocycles. The van der Waals surface area contributed by atoms with E-state index < -0.39 is 22.8 Å². The van der Waals surface area contributed by atoms with Crippen LogP contribution in [0, 0.1) is 0 Å². The second-order valence-electron chi connectivity index (χ2n) is 5.37. The van der Waals surface area contributed by atoms with Gasteiger partial charge in [0.15, 0.2) is 11.3 Å². The number of ketones is 1. The number of rotatable bonds is 6. The summed E-state index contributed by atoms with van der Waals surface area (Å²) in [5, 5.41) is 10.8. The van der Waals surface area contributed by atoms with Crippen molar-refractivity contribution in [2.45, 2.75) is 40.2 Å². The number of aromatic nitrogens is 1. The Labute approximate surface area is 139 Å². The van der Waals surface area contributed by atoms with Crippen molar-refractivity contribution in [2.75, 3.05) is 6.61 Å². The number of hydrogen-bond acceptors (Lipinski definition) is 5. The molecule has 1 heterocycles. The van der Waals surface area contributed by atoms with Crippen molar-refractivity contribution in [1.82, 2.24) is 4.57 Å². The van der Waals surface area contributed by atoms with E-state index in [1.807, 2.05) is 6.92 Å². The number of carbonyl (C=O) groups excluding carboxylic acids is 2. The van der Waals surface area contributed by atoms with Crippen LogP contribution in [0.3, 0.4) is 0 Å². The molecule has 6 heteroatoms. The van der Waals surface area contributed by atoms with Crippen molar-refractivity contribution in [2.24, 2.45) is 0 Å². The number of aryl methyl sites for hydroxylation is 1. The van der Waals surface area contributed by atoms with Crippen LogP contribution in [-0.4, -0.2) is 28.0 Å². The van der Waals surface area contributed by atoms with Gasteiger partial charge in [-0.3, -0.25) is 9.59 Å². The van der Waals surface area contributed by atoms with Gasteiger partial charge in [-0.2, -0.15) is 0 Å². The zero-order chi connectivity index (χ0) is 17.9. The summed E-state index contributed by atoms with van der Waals surface area (Å²) in [6.07, 6.45) is 0.979. The molecule has 1 aromatic carbocycles. The Bertz CT molecular complexity index is 851. The first-order valence-electron chi connectivity index (χ1n) is 8.06. The van der Waals surface area contributed by atoms with Crippen LogP contribution >= 0.6 is 0 Å². The predicted octanol–water partition coefficient (Wildman–Crippen LogP) is 2.89. The molecule has 6 nitrogen and oxygen atoms in total. The number of esters is 1. The molecule has 0 atom stereocenters. The first kappa shape index (κ1) is 17.7. The Kier molecular flexibility index (Phi) is 5.39. The van der Waals surface area contributed by atoms with Gasteiger partial charge >= 0.3 is 5.97 Å². The molecule has 2 aromatic rings. The van der Waals surface area contributed by atoms with Crippen molar-refractivity contribution in [3.05, 3.63) is 39.7 Å². The van der Waals surface area contributed by atoms with E-state index in [1.165, 1.54) is 4.57 Å². The minimum atomic E-state index is -0.887. The second-order valence-corrected chi connectivity index (χ2v) is 5.37. The Morgan fingerprint density at radius 2 is 1.92 bits per heavy atom. The molecule has 0 spiro atoms. The van der Waals surface area contributed by atoms with Gasteiger partial charge in [-0.1, -0.05) is 19.1 Å². The zero-order valence-corrected chi connectivity index (χ0v) is 14.1. The third-order valence-corrected chi connectivity index (χ3v) is 3.84. The number of aromatic hydroxyl groups is 1. The molecule has 0 aliphatic heterocycles. The molecular weight excluding hydrogens is 310 g/mol. The molecular formula is C18H21NO5. The van der Waals surface area contributed by atoms with Crippen LogP contribution in [0.4, 0.5) is 0 Å². The van der Waals surface area contributed by atoms with Crippen LogP contribution in [0.5, 0.6) is 5.75 Å². The summed E-state index contributed by atoms with van der Waals surface area (Å²) in [7, 11) is 0. The summed E-state index contributed by atoms with van der Waals surface area (Å²) in [5.74, 6) is -1.52. The average molecular weight is 331 g/mol. The first-order valence-corrected chi connectivity index (χ1v) is 8.06. The van der Waals surface area contributed by atoms with Crippen LogP contribution < -0.4 is 5.56 Å². The number of pyridine rings is 1. The fraction of sp³-hybridized carbons (Fsp3) is 0.389. The van der Waals surface area contributed by atoms with Crippen LogP contribution in [0.2, 0.25) is 0 Å². The normalized spacial score (nSPS) is 10.8. The molecule has 0 saturated heterocycles. The standard InChI is InChI=1S/C18H21NO5/c1-4-8-13(20)11-9-7-10-12-14(11)16(21)15(18(23)24-6-3)17(22)19(12)5-2/h7,9-10,21H,4-6,8H2,1-3H3. The average Bonchev–Trinajstić information content (AvgIpc) is 2.55. The Hall–Kier alpha value is -2.63. The highest BCUT2D eigenvalue weighted by Gasteiger charge is 2.25. The largest absolute Gasteiger partial charge is 0.506 e. The van der Waals surface area contributed by atoms with Crippen molar-refractivity contribution in [3.8, 4) is 5.75 Å². The number of fused-ring (bicyclic) bond motifs is 1. The van der Waals surface area contributed by atoms with E-state index in [0.717, 1.165) is 0 Å². The number of carbonyl (C=O) groups is 2. The van der Waals surface area contributed by atoms with Gasteiger partial charge in [0.25, 0.3) is 5.56 Å². The van der Waals surface area contributed by atoms with Crippen LogP contribution in [-0.2, 0) is 11.3 Å². The molecule has 0 fully saturated rings. The van der Waals surface area contributed by atoms with Crippen molar-refractivity contribution >= 4 is 22.7 Å². The summed E-state index contributed by atoms with van der Waals surface area (Å²) < 4.78 is 6.25. The van der Waals surface area contributed by atoms with Gasteiger partial charge in [-0.05, 0) is 26.3 Å². The monoisotopic (exact) mass is 331 g/mol. The molecule has 1 aromatic heterocycles. The first-order chi connectivity index (χ1) is 11.5. The van der Waals surface area contributed by atoms with Crippen molar-refractivity contribution in [1.29, 1.82) is 0 Å². The molecule has 0 unspecified atom stereocenters. The lowest BCUT2D eigenvalue weighted by Gasteiger charge is -2.15. The van der Waals surface area contributed by atoms with Gasteiger partial charge in [-0.25, -0.2) is 4.79 Å². The minimum absolute atomic E-state index is 0.0816. The zero-order valence-electron chi connectivity index (χ0n) is 14.1. The maximum absolute atomic E-state index is 12.6. The summed E-state index contributed by atoms with van der Waals surface area (Å²) in [6.45, 7) is 5.64. The Morgan fingerprint density at radius 3 is 2.50 bits per heavy atom. The third kappa shape index (κ3) is 2.91. The van der Waals surface area contributed by atoms with Crippen molar-refractivity contribution < 1.29 is 19.4 Å². The lowest BCUT2D eigenvalue weighted by molar-refractivity contribution is 0.0520. The van der Waals surface area contributed by atoms with Crippen LogP contribution in [0.1, 0.15) is 54.3 Å². The van der Waals surface area contributed by atoms with E-state index in [0.29, 0.717) is 30.5 Å². The summed E-state index contributed by atoms with van der Waals surface area (Å²) in [6, 6.07) is 4.91. The topological polar surface area (TPSA) is 85.6 Å². The lowest BCUT2D eigenvalue weighted by atomic mass is 9.99. The van der Waals surface area contributed by atoms with Crippen molar-refractivity contribution in [3.63, 3.8) is 0 Å². The maximum Gasteiger partial charge on any atom is 0.347 e. The maximum atomic E-state index is 12.6. The Balaban J connectivity index is 2.91. The van der Waals surface area contributed by atoms with E-state index in [2.05, 4.69) is 0 Å². The number of ether oxygens (including phenoxy) is 1. The van der Waals surface area contributed by atoms with Gasteiger partial charge in [0.05, 0.1) is 17.5 Å². The molecule has 128 valence electrons. The molecule has 0 radical (unpaired) electrons. The SMILES string of the molecule is CCCC(=O)c1cccc2c1c(O)c(C(=O)OCC)c(=O)n2CC. The van der Waals surface area contributed by atoms with Crippen LogP contribution in [0.25, 0.3) is 10.9 Å². The van der Waals surface area contributed by atoms with E-state index in [9.17, 15) is 19.5 Å². The number of nitrogens with zero attached hydrogens (tertiary/aromatic N) is 1. The van der Waals surface area contributed by atoms with Gasteiger partial charge in [-0.15, -0.1) is 0 Å². The number of benzene rings is 1. The van der Waals surface area contributed by atoms with Gasteiger partial charge < -0.3 is 14.4 Å². The molecule has 1 N–H and O–H groups in total. The molecule has 0 saturated carbocycles. The van der Waals surface area contributed by atoms with E-state index >= 15 is 0 Å². The highest BCUT2D eigenvalue weighted by atomic mass is 16.5. The van der Waals surface area contributed by atoms with E-state index in [1.54, 1.807) is 32.0 Å². The number of Topliss-reactive ketones (excluding diaryl/α,β-unsaturated/α-hetero) is 1. The smallest absolute Gasteiger partial charge is 0.347 e. The van der Waals surface area contributed by atoms with Crippen LogP contribution in [0.15, 0.2) is 23.0 Å². The highest BCUT2D eigenvalue weighted by Crippen LogP contribution is 2.31. The molecule has 24 heavy (non-hydrogen) atoms. The Morgan fingerprint density at radius 1 is 1.21 bits per heavy atom. The van der Waals surface area contributed by atoms with E-state index in [-0.39, 0.29) is 17.8 Å². The molecule has 2 rings (SSSR count). The van der Waals surface area contributed by atoms with E-state index in [4.69, 9.17) is 4.74 Å². The van der Waals surface area contributed by atoms with Gasteiger partial charge in [0, 0.05) is 18.5 Å². The fourth-order valence-electron chi connectivity index (χ4n) is 2.78. The predicted molar refractivity (Wildman–Crippen MR) is 90.7 cm³/mol. The highest BCUT2D eigenvalue weighted by molar-refractivity contribution is 6.11. The lowest BCUT2D eigenvalue weighted by Crippen LogP contribution is -2.28. The minimum Gasteiger partial charge on any atom is -0.506 e. The fourth-order valence-corrected chi connectivity index (χ4v) is 2.78. The molecule has 0 amide bonds. The summed E-state index contributed by atoms with van der Waals surface area (Å²) >= 11 is 0. The number of hydrogen-bond donors (Lipinski definition) is 1. The molecule has 0 bridgehead atoms. The molecule has 0 aliphatic rings.